The molecular weight excluding hydrogens is 238 g/mol. The lowest BCUT2D eigenvalue weighted by Gasteiger charge is -2.06. The van der Waals surface area contributed by atoms with E-state index in [1.54, 1.807) is 6.07 Å². The minimum atomic E-state index is -0.0415. The molecule has 0 atom stereocenters. The van der Waals surface area contributed by atoms with Crippen LogP contribution >= 0.6 is 0 Å². The van der Waals surface area contributed by atoms with Crippen LogP contribution < -0.4 is 0 Å². The van der Waals surface area contributed by atoms with Gasteiger partial charge in [0.1, 0.15) is 5.75 Å². The molecule has 0 aliphatic heterocycles. The summed E-state index contributed by atoms with van der Waals surface area (Å²) in [4.78, 5) is 15.6. The summed E-state index contributed by atoms with van der Waals surface area (Å²) >= 11 is 0. The van der Waals surface area contributed by atoms with Crippen molar-refractivity contribution in [1.29, 1.82) is 0 Å². The molecule has 92 valence electrons. The summed E-state index contributed by atoms with van der Waals surface area (Å²) in [5, 5.41) is 10.5. The van der Waals surface area contributed by atoms with E-state index in [1.165, 1.54) is 6.07 Å². The summed E-state index contributed by atoms with van der Waals surface area (Å²) in [6.07, 6.45) is 0.638. The summed E-state index contributed by atoms with van der Waals surface area (Å²) in [5.74, 6) is -0.0415. The SMILES string of the molecule is O=Cc1c(O)ccc2ccc(-c3ccccc3)nc12. The number of carbonyl (C=O) groups is 1. The lowest BCUT2D eigenvalue weighted by molar-refractivity contribution is 0.112. The van der Waals surface area contributed by atoms with Crippen molar-refractivity contribution in [3.63, 3.8) is 0 Å². The summed E-state index contributed by atoms with van der Waals surface area (Å²) in [6, 6.07) is 16.8. The second-order valence-electron chi connectivity index (χ2n) is 4.25. The number of nitrogens with zero attached hydrogens (tertiary/aromatic N) is 1. The Morgan fingerprint density at radius 3 is 2.42 bits per heavy atom. The minimum absolute atomic E-state index is 0.0415. The fourth-order valence-electron chi connectivity index (χ4n) is 2.09. The van der Waals surface area contributed by atoms with Gasteiger partial charge in [0, 0.05) is 10.9 Å². The lowest BCUT2D eigenvalue weighted by Crippen LogP contribution is -1.91. The van der Waals surface area contributed by atoms with Gasteiger partial charge in [-0.25, -0.2) is 4.98 Å². The highest BCUT2D eigenvalue weighted by atomic mass is 16.3. The monoisotopic (exact) mass is 249 g/mol. The fraction of sp³-hybridized carbons (Fsp3) is 0. The van der Waals surface area contributed by atoms with E-state index < -0.39 is 0 Å². The number of rotatable bonds is 2. The Bertz CT molecular complexity index is 751. The second-order valence-corrected chi connectivity index (χ2v) is 4.25. The normalized spacial score (nSPS) is 10.5. The van der Waals surface area contributed by atoms with Crippen molar-refractivity contribution in [2.75, 3.05) is 0 Å². The highest BCUT2D eigenvalue weighted by Gasteiger charge is 2.09. The van der Waals surface area contributed by atoms with E-state index in [0.717, 1.165) is 16.6 Å². The summed E-state index contributed by atoms with van der Waals surface area (Å²) in [5.41, 5.74) is 2.51. The van der Waals surface area contributed by atoms with Crippen molar-refractivity contribution in [2.24, 2.45) is 0 Å². The number of phenols is 1. The van der Waals surface area contributed by atoms with E-state index in [0.29, 0.717) is 11.8 Å². The summed E-state index contributed by atoms with van der Waals surface area (Å²) in [7, 11) is 0. The van der Waals surface area contributed by atoms with Crippen molar-refractivity contribution in [3.8, 4) is 17.0 Å². The van der Waals surface area contributed by atoms with Gasteiger partial charge in [-0.2, -0.15) is 0 Å². The topological polar surface area (TPSA) is 50.2 Å². The van der Waals surface area contributed by atoms with Crippen LogP contribution in [0.25, 0.3) is 22.2 Å². The maximum absolute atomic E-state index is 11.1. The quantitative estimate of drug-likeness (QED) is 0.708. The van der Waals surface area contributed by atoms with Gasteiger partial charge in [-0.05, 0) is 18.2 Å². The third kappa shape index (κ3) is 1.95. The molecule has 1 N–H and O–H groups in total. The zero-order valence-electron chi connectivity index (χ0n) is 10.1. The largest absolute Gasteiger partial charge is 0.507 e. The number of aldehydes is 1. The maximum atomic E-state index is 11.1. The molecule has 3 heteroatoms. The standard InChI is InChI=1S/C16H11NO2/c18-10-13-15(19)9-7-12-6-8-14(17-16(12)13)11-4-2-1-3-5-11/h1-10,19H. The van der Waals surface area contributed by atoms with Crippen LogP contribution in [0.4, 0.5) is 0 Å². The Morgan fingerprint density at radius 2 is 1.68 bits per heavy atom. The number of benzene rings is 2. The van der Waals surface area contributed by atoms with Crippen molar-refractivity contribution in [1.82, 2.24) is 4.98 Å². The van der Waals surface area contributed by atoms with Crippen molar-refractivity contribution < 1.29 is 9.90 Å². The number of phenolic OH excluding ortho intramolecular Hbond substituents is 1. The molecule has 0 fully saturated rings. The predicted molar refractivity (Wildman–Crippen MR) is 74.2 cm³/mol. The van der Waals surface area contributed by atoms with Gasteiger partial charge in [-0.1, -0.05) is 36.4 Å². The zero-order valence-corrected chi connectivity index (χ0v) is 10.1. The first-order chi connectivity index (χ1) is 9.29. The number of hydrogen-bond donors (Lipinski definition) is 1. The first-order valence-corrected chi connectivity index (χ1v) is 5.93. The van der Waals surface area contributed by atoms with E-state index in [-0.39, 0.29) is 11.3 Å². The Morgan fingerprint density at radius 1 is 0.947 bits per heavy atom. The van der Waals surface area contributed by atoms with Gasteiger partial charge in [0.15, 0.2) is 6.29 Å². The van der Waals surface area contributed by atoms with Crippen molar-refractivity contribution >= 4 is 17.2 Å². The van der Waals surface area contributed by atoms with Gasteiger partial charge in [-0.15, -0.1) is 0 Å². The Balaban J connectivity index is 2.28. The molecule has 0 saturated carbocycles. The van der Waals surface area contributed by atoms with E-state index in [2.05, 4.69) is 4.98 Å². The molecule has 19 heavy (non-hydrogen) atoms. The third-order valence-corrected chi connectivity index (χ3v) is 3.07. The van der Waals surface area contributed by atoms with E-state index in [4.69, 9.17) is 0 Å². The molecule has 1 aromatic heterocycles. The molecule has 3 aromatic rings. The van der Waals surface area contributed by atoms with Gasteiger partial charge in [0.25, 0.3) is 0 Å². The van der Waals surface area contributed by atoms with Crippen LogP contribution in [0.5, 0.6) is 5.75 Å². The Hall–Kier alpha value is -2.68. The first-order valence-electron chi connectivity index (χ1n) is 5.93. The van der Waals surface area contributed by atoms with Gasteiger partial charge < -0.3 is 5.11 Å². The third-order valence-electron chi connectivity index (χ3n) is 3.07. The summed E-state index contributed by atoms with van der Waals surface area (Å²) in [6.45, 7) is 0. The van der Waals surface area contributed by atoms with Crippen LogP contribution in [0, 0.1) is 0 Å². The average molecular weight is 249 g/mol. The first kappa shape index (κ1) is 11.4. The molecule has 0 amide bonds. The highest BCUT2D eigenvalue weighted by molar-refractivity contribution is 5.99. The van der Waals surface area contributed by atoms with Gasteiger partial charge >= 0.3 is 0 Å². The van der Waals surface area contributed by atoms with Crippen LogP contribution in [-0.2, 0) is 0 Å². The molecule has 0 saturated heterocycles. The van der Waals surface area contributed by atoms with Crippen LogP contribution in [-0.4, -0.2) is 16.4 Å². The molecule has 0 unspecified atom stereocenters. The molecule has 0 bridgehead atoms. The molecule has 0 aliphatic carbocycles. The number of aromatic nitrogens is 1. The molecular formula is C16H11NO2. The van der Waals surface area contributed by atoms with Crippen LogP contribution in [0.1, 0.15) is 10.4 Å². The number of fused-ring (bicyclic) bond motifs is 1. The highest BCUT2D eigenvalue weighted by Crippen LogP contribution is 2.27. The molecule has 3 nitrogen and oxygen atoms in total. The van der Waals surface area contributed by atoms with Gasteiger partial charge in [-0.3, -0.25) is 4.79 Å². The number of aromatic hydroxyl groups is 1. The molecule has 0 aliphatic rings. The smallest absolute Gasteiger partial charge is 0.155 e. The minimum Gasteiger partial charge on any atom is -0.507 e. The number of hydrogen-bond acceptors (Lipinski definition) is 3. The van der Waals surface area contributed by atoms with E-state index >= 15 is 0 Å². The molecule has 1 heterocycles. The lowest BCUT2D eigenvalue weighted by atomic mass is 10.1. The predicted octanol–water partition coefficient (Wildman–Crippen LogP) is 3.42. The van der Waals surface area contributed by atoms with Gasteiger partial charge in [0.2, 0.25) is 0 Å². The van der Waals surface area contributed by atoms with E-state index in [9.17, 15) is 9.90 Å². The van der Waals surface area contributed by atoms with Crippen LogP contribution in [0.2, 0.25) is 0 Å². The number of pyridine rings is 1. The van der Waals surface area contributed by atoms with Crippen LogP contribution in [0.15, 0.2) is 54.6 Å². The summed E-state index contributed by atoms with van der Waals surface area (Å²) < 4.78 is 0. The Labute approximate surface area is 110 Å². The van der Waals surface area contributed by atoms with Crippen molar-refractivity contribution in [2.45, 2.75) is 0 Å². The molecule has 0 radical (unpaired) electrons. The molecule has 2 aromatic carbocycles. The number of carbonyl (C=O) groups excluding carboxylic acids is 1. The molecule has 0 spiro atoms. The second kappa shape index (κ2) is 4.53. The van der Waals surface area contributed by atoms with Gasteiger partial charge in [0.05, 0.1) is 16.8 Å². The van der Waals surface area contributed by atoms with Crippen molar-refractivity contribution in [3.05, 3.63) is 60.2 Å². The van der Waals surface area contributed by atoms with Crippen LogP contribution in [0.3, 0.4) is 0 Å². The zero-order chi connectivity index (χ0) is 13.2. The fourth-order valence-corrected chi connectivity index (χ4v) is 2.09. The Kier molecular flexibility index (Phi) is 2.72. The average Bonchev–Trinajstić information content (AvgIpc) is 2.47. The molecule has 3 rings (SSSR count). The maximum Gasteiger partial charge on any atom is 0.155 e. The van der Waals surface area contributed by atoms with E-state index in [1.807, 2.05) is 42.5 Å².